The lowest BCUT2D eigenvalue weighted by Gasteiger charge is -2.10. The van der Waals surface area contributed by atoms with E-state index in [1.54, 1.807) is 41.9 Å². The molecule has 0 aliphatic rings. The number of hydrogen-bond acceptors (Lipinski definition) is 4. The highest BCUT2D eigenvalue weighted by molar-refractivity contribution is 5.97. The number of aromatic hydroxyl groups is 1. The molecule has 23 heavy (non-hydrogen) atoms. The van der Waals surface area contributed by atoms with Crippen LogP contribution in [0.15, 0.2) is 54.7 Å². The molecule has 0 unspecified atom stereocenters. The quantitative estimate of drug-likeness (QED) is 0.499. The number of nitrogens with one attached hydrogen (secondary N) is 1. The van der Waals surface area contributed by atoms with Gasteiger partial charge in [0, 0.05) is 17.3 Å². The summed E-state index contributed by atoms with van der Waals surface area (Å²) >= 11 is 0. The number of ether oxygens (including phenoxy) is 1. The van der Waals surface area contributed by atoms with Crippen LogP contribution in [-0.2, 0) is 6.54 Å². The molecule has 0 aliphatic carbocycles. The normalized spacial score (nSPS) is 10.7. The minimum atomic E-state index is -0.551. The largest absolute Gasteiger partial charge is 0.504 e. The number of amides is 1. The molecule has 0 fully saturated rings. The van der Waals surface area contributed by atoms with Gasteiger partial charge >= 0.3 is 0 Å². The molecule has 0 atom stereocenters. The molecule has 0 aliphatic heterocycles. The van der Waals surface area contributed by atoms with Crippen LogP contribution >= 0.6 is 0 Å². The van der Waals surface area contributed by atoms with Crippen molar-refractivity contribution in [3.63, 3.8) is 0 Å². The number of hydrogen-bond donors (Lipinski definition) is 3. The molecule has 0 saturated heterocycles. The van der Waals surface area contributed by atoms with E-state index in [-0.39, 0.29) is 5.75 Å². The summed E-state index contributed by atoms with van der Waals surface area (Å²) in [4.78, 5) is 11.5. The second-order valence-electron chi connectivity index (χ2n) is 5.04. The van der Waals surface area contributed by atoms with Gasteiger partial charge in [-0.2, -0.15) is 0 Å². The smallest absolute Gasteiger partial charge is 0.274 e. The van der Waals surface area contributed by atoms with Gasteiger partial charge in [0.1, 0.15) is 6.61 Å². The van der Waals surface area contributed by atoms with E-state index in [1.165, 1.54) is 0 Å². The van der Waals surface area contributed by atoms with E-state index in [9.17, 15) is 9.90 Å². The fraction of sp³-hybridized carbons (Fsp3) is 0.118. The first-order valence-electron chi connectivity index (χ1n) is 7.13. The topological polar surface area (TPSA) is 83.7 Å². The Balaban J connectivity index is 1.75. The number of phenolic OH excluding ortho intramolecular Hbond substituents is 1. The fourth-order valence-electron chi connectivity index (χ4n) is 2.42. The van der Waals surface area contributed by atoms with E-state index in [0.29, 0.717) is 24.5 Å². The van der Waals surface area contributed by atoms with Gasteiger partial charge in [0.05, 0.1) is 6.54 Å². The lowest BCUT2D eigenvalue weighted by molar-refractivity contribution is 0.0706. The molecule has 2 aromatic carbocycles. The molecule has 1 aromatic heterocycles. The zero-order chi connectivity index (χ0) is 16.2. The van der Waals surface area contributed by atoms with Crippen LogP contribution in [-0.4, -0.2) is 27.4 Å². The first-order valence-corrected chi connectivity index (χ1v) is 7.13. The third-order valence-corrected chi connectivity index (χ3v) is 3.59. The standard InChI is InChI=1S/C17H16N2O4/c20-15-3-1-2-4-16(15)23-10-9-19-8-7-12-5-6-13(11-14(12)19)17(21)18-22/h1-8,11,20,22H,9-10H2,(H,18,21). The van der Waals surface area contributed by atoms with Crippen molar-refractivity contribution in [2.24, 2.45) is 0 Å². The Morgan fingerprint density at radius 1 is 1.17 bits per heavy atom. The molecule has 1 heterocycles. The van der Waals surface area contributed by atoms with Crippen LogP contribution in [0.1, 0.15) is 10.4 Å². The van der Waals surface area contributed by atoms with Crippen LogP contribution < -0.4 is 10.2 Å². The minimum absolute atomic E-state index is 0.103. The van der Waals surface area contributed by atoms with E-state index in [1.807, 2.05) is 22.9 Å². The van der Waals surface area contributed by atoms with Crippen molar-refractivity contribution in [2.75, 3.05) is 6.61 Å². The molecular formula is C17H16N2O4. The van der Waals surface area contributed by atoms with Gasteiger partial charge < -0.3 is 14.4 Å². The minimum Gasteiger partial charge on any atom is -0.504 e. The predicted octanol–water partition coefficient (Wildman–Crippen LogP) is 2.54. The molecule has 0 radical (unpaired) electrons. The van der Waals surface area contributed by atoms with Crippen LogP contribution in [0.3, 0.4) is 0 Å². The van der Waals surface area contributed by atoms with Gasteiger partial charge in [0.2, 0.25) is 0 Å². The number of fused-ring (bicyclic) bond motifs is 1. The van der Waals surface area contributed by atoms with Crippen molar-refractivity contribution in [3.05, 3.63) is 60.3 Å². The zero-order valence-corrected chi connectivity index (χ0v) is 12.3. The fourth-order valence-corrected chi connectivity index (χ4v) is 2.42. The Morgan fingerprint density at radius 2 is 2.00 bits per heavy atom. The van der Waals surface area contributed by atoms with Crippen LogP contribution in [0.5, 0.6) is 11.5 Å². The Bertz CT molecular complexity index is 841. The van der Waals surface area contributed by atoms with Crippen molar-refractivity contribution in [3.8, 4) is 11.5 Å². The van der Waals surface area contributed by atoms with E-state index >= 15 is 0 Å². The highest BCUT2D eigenvalue weighted by atomic mass is 16.5. The average molecular weight is 312 g/mol. The highest BCUT2D eigenvalue weighted by Gasteiger charge is 2.08. The lowest BCUT2D eigenvalue weighted by atomic mass is 10.1. The zero-order valence-electron chi connectivity index (χ0n) is 12.3. The molecule has 6 heteroatoms. The van der Waals surface area contributed by atoms with Crippen molar-refractivity contribution in [2.45, 2.75) is 6.54 Å². The van der Waals surface area contributed by atoms with E-state index in [4.69, 9.17) is 9.94 Å². The number of nitrogens with zero attached hydrogens (tertiary/aromatic N) is 1. The number of hydroxylamine groups is 1. The Morgan fingerprint density at radius 3 is 2.78 bits per heavy atom. The summed E-state index contributed by atoms with van der Waals surface area (Å²) in [6, 6.07) is 13.9. The van der Waals surface area contributed by atoms with Crippen molar-refractivity contribution >= 4 is 16.8 Å². The van der Waals surface area contributed by atoms with Crippen LogP contribution in [0.2, 0.25) is 0 Å². The summed E-state index contributed by atoms with van der Waals surface area (Å²) < 4.78 is 7.52. The third-order valence-electron chi connectivity index (χ3n) is 3.59. The molecule has 3 rings (SSSR count). The number of carbonyl (C=O) groups excluding carboxylic acids is 1. The molecule has 1 amide bonds. The summed E-state index contributed by atoms with van der Waals surface area (Å²) in [6.45, 7) is 0.930. The predicted molar refractivity (Wildman–Crippen MR) is 84.8 cm³/mol. The number of carbonyl (C=O) groups is 1. The van der Waals surface area contributed by atoms with Crippen LogP contribution in [0, 0.1) is 0 Å². The molecular weight excluding hydrogens is 296 g/mol. The monoisotopic (exact) mass is 312 g/mol. The second kappa shape index (κ2) is 6.41. The van der Waals surface area contributed by atoms with Gasteiger partial charge in [-0.05, 0) is 35.7 Å². The molecule has 0 bridgehead atoms. The second-order valence-corrected chi connectivity index (χ2v) is 5.04. The summed E-state index contributed by atoms with van der Waals surface area (Å²) in [7, 11) is 0. The number of benzene rings is 2. The van der Waals surface area contributed by atoms with Gasteiger partial charge in [0.15, 0.2) is 11.5 Å². The maximum atomic E-state index is 11.5. The first kappa shape index (κ1) is 14.9. The van der Waals surface area contributed by atoms with Gasteiger partial charge in [-0.1, -0.05) is 18.2 Å². The summed E-state index contributed by atoms with van der Waals surface area (Å²) in [5.74, 6) is -0.0128. The highest BCUT2D eigenvalue weighted by Crippen LogP contribution is 2.24. The molecule has 3 aromatic rings. The number of rotatable bonds is 5. The van der Waals surface area contributed by atoms with Crippen molar-refractivity contribution < 1.29 is 19.8 Å². The molecule has 3 N–H and O–H groups in total. The molecule has 118 valence electrons. The average Bonchev–Trinajstić information content (AvgIpc) is 2.98. The summed E-state index contributed by atoms with van der Waals surface area (Å²) in [5.41, 5.74) is 2.87. The molecule has 6 nitrogen and oxygen atoms in total. The van der Waals surface area contributed by atoms with Crippen molar-refractivity contribution in [1.29, 1.82) is 0 Å². The van der Waals surface area contributed by atoms with Crippen LogP contribution in [0.4, 0.5) is 0 Å². The van der Waals surface area contributed by atoms with E-state index in [2.05, 4.69) is 0 Å². The van der Waals surface area contributed by atoms with Crippen molar-refractivity contribution in [1.82, 2.24) is 10.0 Å². The SMILES string of the molecule is O=C(NO)c1ccc2ccn(CCOc3ccccc3O)c2c1. The number of para-hydroxylation sites is 2. The van der Waals surface area contributed by atoms with Gasteiger partial charge in [-0.3, -0.25) is 10.0 Å². The Kier molecular flexibility index (Phi) is 4.16. The lowest BCUT2D eigenvalue weighted by Crippen LogP contribution is -2.18. The Hall–Kier alpha value is -2.99. The van der Waals surface area contributed by atoms with E-state index < -0.39 is 5.91 Å². The number of aromatic nitrogens is 1. The summed E-state index contributed by atoms with van der Waals surface area (Å²) in [5, 5.41) is 19.4. The Labute approximate surface area is 132 Å². The summed E-state index contributed by atoms with van der Waals surface area (Å²) in [6.07, 6.45) is 1.90. The maximum Gasteiger partial charge on any atom is 0.274 e. The van der Waals surface area contributed by atoms with Gasteiger partial charge in [0.25, 0.3) is 5.91 Å². The first-order chi connectivity index (χ1) is 11.2. The van der Waals surface area contributed by atoms with Gasteiger partial charge in [-0.25, -0.2) is 5.48 Å². The molecule has 0 spiro atoms. The van der Waals surface area contributed by atoms with Crippen LogP contribution in [0.25, 0.3) is 10.9 Å². The van der Waals surface area contributed by atoms with Gasteiger partial charge in [-0.15, -0.1) is 0 Å². The number of phenols is 1. The maximum absolute atomic E-state index is 11.5. The third kappa shape index (κ3) is 3.12. The van der Waals surface area contributed by atoms with E-state index in [0.717, 1.165) is 10.9 Å². The molecule has 0 saturated carbocycles.